The molecule has 706 valence electrons. The predicted molar refractivity (Wildman–Crippen MR) is 509 cm³/mol. The number of aliphatic hydroxyl groups is 1. The first-order valence-corrected chi connectivity index (χ1v) is 42.9. The van der Waals surface area contributed by atoms with Crippen LogP contribution in [0.2, 0.25) is 0 Å². The van der Waals surface area contributed by atoms with Crippen molar-refractivity contribution in [3.05, 3.63) is 349 Å². The summed E-state index contributed by atoms with van der Waals surface area (Å²) in [5.41, 5.74) is 18.4. The molecule has 0 aliphatic carbocycles. The molecule has 0 saturated carbocycles. The fourth-order valence-electron chi connectivity index (χ4n) is 15.2. The molecular formula is C100H81F11N26O3. The lowest BCUT2D eigenvalue weighted by molar-refractivity contribution is -0.139. The number of nitrogens with one attached hydrogen (secondary N) is 5. The summed E-state index contributed by atoms with van der Waals surface area (Å²) in [5.74, 6) is 7.27. The van der Waals surface area contributed by atoms with Gasteiger partial charge in [-0.05, 0) is 221 Å². The maximum absolute atomic E-state index is 13.0. The molecule has 12 aromatic heterocycles. The fourth-order valence-corrected chi connectivity index (χ4v) is 15.2. The van der Waals surface area contributed by atoms with Crippen LogP contribution < -0.4 is 41.8 Å². The van der Waals surface area contributed by atoms with E-state index in [1.165, 1.54) is 61.1 Å². The molecule has 0 unspecified atom stereocenters. The summed E-state index contributed by atoms with van der Waals surface area (Å²) < 4.78 is 159. The predicted octanol–water partition coefficient (Wildman–Crippen LogP) is 23.0. The fraction of sp³-hybridized carbons (Fsp3) is 0.130. The first-order valence-electron chi connectivity index (χ1n) is 42.9. The lowest BCUT2D eigenvalue weighted by atomic mass is 10.1. The molecule has 0 aliphatic rings. The number of nitriles is 1. The third-order valence-corrected chi connectivity index (χ3v) is 21.5. The van der Waals surface area contributed by atoms with Gasteiger partial charge in [-0.1, -0.05) is 62.4 Å². The number of aromatic nitrogens is 19. The van der Waals surface area contributed by atoms with Crippen LogP contribution >= 0.6 is 0 Å². The van der Waals surface area contributed by atoms with E-state index in [1.807, 2.05) is 211 Å². The molecule has 8 N–H and O–H groups in total. The molecule has 0 amide bonds. The number of alkyl halides is 11. The Morgan fingerprint density at radius 3 is 1.24 bits per heavy atom. The summed E-state index contributed by atoms with van der Waals surface area (Å²) in [4.78, 5) is 53.4. The monoisotopic (exact) mass is 1900 g/mol. The number of methoxy groups -OCH3 is 1. The summed E-state index contributed by atoms with van der Waals surface area (Å²) in [6.07, 6.45) is 4.33. The molecule has 0 aliphatic heterocycles. The average Bonchev–Trinajstić information content (AvgIpc) is 1.65. The van der Waals surface area contributed by atoms with Crippen molar-refractivity contribution in [2.45, 2.75) is 79.2 Å². The molecule has 0 spiro atoms. The highest BCUT2D eigenvalue weighted by molar-refractivity contribution is 5.84. The number of imidazole rings is 3. The Hall–Kier alpha value is -17.9. The number of ether oxygens (including phenoxy) is 2. The van der Waals surface area contributed by atoms with E-state index in [9.17, 15) is 53.4 Å². The molecule has 0 saturated heterocycles. The lowest BCUT2D eigenvalue weighted by Crippen LogP contribution is -2.10. The Labute approximate surface area is 789 Å². The van der Waals surface area contributed by atoms with Crippen molar-refractivity contribution < 1.29 is 62.9 Å². The largest absolute Gasteiger partial charge is 0.497 e. The van der Waals surface area contributed by atoms with Crippen LogP contribution in [-0.4, -0.2) is 112 Å². The molecule has 29 nitrogen and oxygen atoms in total. The number of aryl methyl sites for hydroxylation is 5. The quantitative estimate of drug-likeness (QED) is 0.0329. The lowest BCUT2D eigenvalue weighted by Gasteiger charge is -2.14. The Morgan fingerprint density at radius 1 is 0.407 bits per heavy atom. The van der Waals surface area contributed by atoms with E-state index in [2.05, 4.69) is 96.3 Å². The van der Waals surface area contributed by atoms with Gasteiger partial charge in [0.2, 0.25) is 0 Å². The zero-order valence-electron chi connectivity index (χ0n) is 74.9. The molecule has 40 heteroatoms. The highest BCUT2D eigenvalue weighted by atomic mass is 19.4. The third kappa shape index (κ3) is 22.0. The smallest absolute Gasteiger partial charge is 0.417 e. The molecular weight excluding hydrogens is 1820 g/mol. The van der Waals surface area contributed by atoms with Gasteiger partial charge in [0.25, 0.3) is 0 Å². The number of fused-ring (bicyclic) bond motifs is 5. The zero-order chi connectivity index (χ0) is 98.5. The molecule has 0 bridgehead atoms. The van der Waals surface area contributed by atoms with E-state index in [-0.39, 0.29) is 11.3 Å². The molecule has 12 heterocycles. The number of rotatable bonds is 21. The van der Waals surface area contributed by atoms with E-state index in [4.69, 9.17) is 20.7 Å². The summed E-state index contributed by atoms with van der Waals surface area (Å²) in [5, 5.41) is 42.8. The second kappa shape index (κ2) is 41.5. The molecule has 8 aromatic carbocycles. The number of nitrogen functional groups attached to an aromatic ring is 1. The van der Waals surface area contributed by atoms with Crippen LogP contribution in [0.15, 0.2) is 292 Å². The normalized spacial score (nSPS) is 11.4. The van der Waals surface area contributed by atoms with E-state index in [0.29, 0.717) is 80.5 Å². The van der Waals surface area contributed by atoms with Crippen LogP contribution in [0.3, 0.4) is 0 Å². The molecule has 20 aromatic rings. The molecule has 0 fully saturated rings. The van der Waals surface area contributed by atoms with Crippen LogP contribution in [0, 0.1) is 32.1 Å². The second-order valence-corrected chi connectivity index (χ2v) is 30.8. The summed E-state index contributed by atoms with van der Waals surface area (Å²) >= 11 is 0. The summed E-state index contributed by atoms with van der Waals surface area (Å²) in [7, 11) is 1.64. The van der Waals surface area contributed by atoms with E-state index < -0.39 is 54.0 Å². The highest BCUT2D eigenvalue weighted by Gasteiger charge is 2.35. The SMILES string of the molecule is CCc1nn2ccccc2c1-c1cncc(Nc2ccc(C(F)(F)F)cc2)n1.CCc1nn2ccccc2c1-c1cncc(Nc2ccc(OC(F)F)cc2)n1.COc1ccc(Nc2nc(-n3c(C)nc4ccccc43)ccc2N)cc1.Cc1nc2ccccc2n1-c1cncc(Nc2ccc(C(F)(F)F)c(C#N)c2)n1.Cc1nc2ccccc2n1-c1cncc(Nc2ccc(C(F)(F)F)c(CO)c2)n1. The van der Waals surface area contributed by atoms with Gasteiger partial charge in [0.1, 0.15) is 46.4 Å². The van der Waals surface area contributed by atoms with Gasteiger partial charge in [-0.3, -0.25) is 33.6 Å². The first kappa shape index (κ1) is 95.3. The molecule has 140 heavy (non-hydrogen) atoms. The van der Waals surface area contributed by atoms with Crippen LogP contribution in [0.5, 0.6) is 11.5 Å². The zero-order valence-corrected chi connectivity index (χ0v) is 74.9. The van der Waals surface area contributed by atoms with Crippen LogP contribution in [0.1, 0.15) is 70.5 Å². The highest BCUT2D eigenvalue weighted by Crippen LogP contribution is 2.39. The third-order valence-electron chi connectivity index (χ3n) is 21.5. The van der Waals surface area contributed by atoms with Gasteiger partial charge in [0.15, 0.2) is 29.1 Å². The van der Waals surface area contributed by atoms with Crippen molar-refractivity contribution in [1.82, 2.24) is 92.7 Å². The Kier molecular flexibility index (Phi) is 28.3. The number of benzene rings is 8. The van der Waals surface area contributed by atoms with Crippen molar-refractivity contribution in [1.29, 1.82) is 5.26 Å². The first-order chi connectivity index (χ1) is 67.5. The number of nitrogens with zero attached hydrogens (tertiary/aromatic N) is 20. The topological polar surface area (TPSA) is 353 Å². The number of nitrogens with two attached hydrogens (primary N) is 1. The number of anilines is 11. The van der Waals surface area contributed by atoms with Crippen LogP contribution in [-0.2, 0) is 38.0 Å². The minimum atomic E-state index is -4.59. The van der Waals surface area contributed by atoms with E-state index in [1.54, 1.807) is 60.8 Å². The molecule has 0 atom stereocenters. The maximum Gasteiger partial charge on any atom is 0.417 e. The standard InChI is InChI=1S/C20H13F3N6.C20H16F3N5O.C20H16F3N5.C20H17F2N5O.C20H19N5O/c1-12-26-16-4-2-3-5-17(16)29(12)19-11-25-10-18(28-19)27-14-6-7-15(20(21,22)23)13(8-14)9-24;1-12-25-16-4-2-3-5-17(16)28(12)19-10-24-9-18(27-19)26-14-6-7-15(20(21,22)23)13(8-14)11-29;1-2-15-19(17-5-3-4-10-28(17)27-15)16-11-24-12-18(26-16)25-14-8-6-13(7-9-14)20(21,22)23;1-2-15-19(17-5-3-4-10-27(17)26-15)16-11-23-12-18(25-16)24-13-6-8-14(9-7-13)28-20(21)22;1-13-22-17-5-3-4-6-18(17)25(13)19-12-11-16(21)20(24-19)23-14-7-9-15(26-2)10-8-14/h2-8,10-11H,1H3,(H,27,28);2-10,29H,11H2,1H3,(H,26,27);3-12H,2H2,1H3,(H,25,26);3-12,20H,2H2,1H3,(H,24,25);3-12H,21H2,1-2H3,(H,23,24). The van der Waals surface area contributed by atoms with Gasteiger partial charge in [-0.25, -0.2) is 48.9 Å². The summed E-state index contributed by atoms with van der Waals surface area (Å²) in [6, 6.07) is 65.5. The van der Waals surface area contributed by atoms with Crippen molar-refractivity contribution >= 4 is 107 Å². The van der Waals surface area contributed by atoms with Gasteiger partial charge in [0.05, 0.1) is 175 Å². The van der Waals surface area contributed by atoms with Crippen LogP contribution in [0.4, 0.5) is 112 Å². The van der Waals surface area contributed by atoms with E-state index in [0.717, 1.165) is 145 Å². The Balaban J connectivity index is 0.000000126. The number of pyridine rings is 3. The maximum atomic E-state index is 13.0. The minimum absolute atomic E-state index is 0.0966. The number of hydrogen-bond donors (Lipinski definition) is 7. The minimum Gasteiger partial charge on any atom is -0.497 e. The molecule has 20 rings (SSSR count). The number of para-hydroxylation sites is 6. The number of aliphatic hydroxyl groups excluding tert-OH is 1. The van der Waals surface area contributed by atoms with Crippen LogP contribution in [0.25, 0.3) is 84.1 Å². The number of hydrogen-bond acceptors (Lipinski definition) is 24. The number of halogens is 11. The molecule has 0 radical (unpaired) electrons. The van der Waals surface area contributed by atoms with Gasteiger partial charge >= 0.3 is 25.1 Å². The van der Waals surface area contributed by atoms with Gasteiger partial charge < -0.3 is 46.9 Å². The van der Waals surface area contributed by atoms with Gasteiger partial charge in [-0.15, -0.1) is 0 Å². The van der Waals surface area contributed by atoms with Crippen molar-refractivity contribution in [3.63, 3.8) is 0 Å². The van der Waals surface area contributed by atoms with Crippen molar-refractivity contribution in [3.8, 4) is 57.5 Å². The van der Waals surface area contributed by atoms with E-state index >= 15 is 0 Å². The van der Waals surface area contributed by atoms with Crippen molar-refractivity contribution in [2.24, 2.45) is 0 Å². The Morgan fingerprint density at radius 2 is 0.800 bits per heavy atom. The average molecular weight is 1900 g/mol. The Bertz CT molecular complexity index is 7860. The van der Waals surface area contributed by atoms with Gasteiger partial charge in [0, 0.05) is 40.8 Å². The van der Waals surface area contributed by atoms with Crippen molar-refractivity contribution in [2.75, 3.05) is 39.4 Å². The van der Waals surface area contributed by atoms with Gasteiger partial charge in [-0.2, -0.15) is 63.8 Å². The second-order valence-electron chi connectivity index (χ2n) is 30.8. The summed E-state index contributed by atoms with van der Waals surface area (Å²) in [6.45, 7) is 6.15.